The molecule has 0 radical (unpaired) electrons. The smallest absolute Gasteiger partial charge is 0.164 e. The van der Waals surface area contributed by atoms with Crippen molar-refractivity contribution in [3.63, 3.8) is 0 Å². The Morgan fingerprint density at radius 3 is 1.41 bits per heavy atom. The summed E-state index contributed by atoms with van der Waals surface area (Å²) in [6, 6.07) is 90.8. The molecule has 0 aliphatic heterocycles. The molecule has 0 unspecified atom stereocenters. The van der Waals surface area contributed by atoms with Crippen molar-refractivity contribution in [2.45, 2.75) is 0 Å². The standard InChI is InChI=1S/C69H42N4O/c1-2-13-43(14-3-1)46-25-27-47(28-26-46)48-29-33-49(34-30-48)58-41-60-65(42-63(58)73-61-23-11-10-21-56(61)59-39-52-19-8-9-20-53(52)40-62(59)73)74-64-24-12-22-57(66(60)64)69-71-67(54-35-31-44-15-4-6-17-50(44)37-54)70-68(72-69)55-36-32-45-16-5-7-18-51(45)38-55/h1-42H. The Morgan fingerprint density at radius 2 is 0.770 bits per heavy atom. The fraction of sp³-hybridized carbons (Fsp3) is 0. The van der Waals surface area contributed by atoms with Crippen molar-refractivity contribution in [2.75, 3.05) is 0 Å². The Labute approximate surface area is 425 Å². The van der Waals surface area contributed by atoms with Gasteiger partial charge in [-0.1, -0.05) is 206 Å². The average molecular weight is 943 g/mol. The molecule has 3 heterocycles. The first-order valence-electron chi connectivity index (χ1n) is 25.1. The summed E-state index contributed by atoms with van der Waals surface area (Å²) in [4.78, 5) is 15.9. The maximum Gasteiger partial charge on any atom is 0.164 e. The summed E-state index contributed by atoms with van der Waals surface area (Å²) in [6.07, 6.45) is 0. The van der Waals surface area contributed by atoms with Gasteiger partial charge in [-0.25, -0.2) is 15.0 Å². The highest BCUT2D eigenvalue weighted by atomic mass is 16.3. The lowest BCUT2D eigenvalue weighted by Gasteiger charge is -2.16. The molecule has 0 saturated heterocycles. The predicted molar refractivity (Wildman–Crippen MR) is 307 cm³/mol. The van der Waals surface area contributed by atoms with Gasteiger partial charge in [0.05, 0.1) is 16.7 Å². The van der Waals surface area contributed by atoms with Crippen molar-refractivity contribution >= 4 is 76.1 Å². The van der Waals surface area contributed by atoms with Crippen LogP contribution >= 0.6 is 0 Å². The first-order valence-corrected chi connectivity index (χ1v) is 25.1. The van der Waals surface area contributed by atoms with Gasteiger partial charge in [0.2, 0.25) is 0 Å². The molecule has 15 aromatic rings. The Balaban J connectivity index is 0.956. The van der Waals surface area contributed by atoms with Crippen LogP contribution in [-0.4, -0.2) is 19.5 Å². The van der Waals surface area contributed by atoms with Gasteiger partial charge in [-0.05, 0) is 103 Å². The molecule has 0 aliphatic carbocycles. The third kappa shape index (κ3) is 6.97. The van der Waals surface area contributed by atoms with E-state index in [1.165, 1.54) is 32.7 Å². The lowest BCUT2D eigenvalue weighted by Crippen LogP contribution is -2.00. The lowest BCUT2D eigenvalue weighted by atomic mass is 9.95. The molecule has 0 fully saturated rings. The summed E-state index contributed by atoms with van der Waals surface area (Å²) in [6.45, 7) is 0. The highest BCUT2D eigenvalue weighted by molar-refractivity contribution is 6.16. The molecule has 0 saturated carbocycles. The van der Waals surface area contributed by atoms with Crippen LogP contribution in [0.25, 0.3) is 149 Å². The second kappa shape index (κ2) is 16.8. The van der Waals surface area contributed by atoms with Gasteiger partial charge in [0.15, 0.2) is 17.5 Å². The Kier molecular flexibility index (Phi) is 9.50. The van der Waals surface area contributed by atoms with Crippen molar-refractivity contribution in [1.29, 1.82) is 0 Å². The first-order chi connectivity index (χ1) is 36.6. The highest BCUT2D eigenvalue weighted by Gasteiger charge is 2.23. The van der Waals surface area contributed by atoms with Crippen LogP contribution in [-0.2, 0) is 0 Å². The van der Waals surface area contributed by atoms with Crippen LogP contribution < -0.4 is 0 Å². The average Bonchev–Trinajstić information content (AvgIpc) is 4.01. The Morgan fingerprint density at radius 1 is 0.270 bits per heavy atom. The van der Waals surface area contributed by atoms with Gasteiger partial charge in [-0.3, -0.25) is 0 Å². The number of furan rings is 1. The van der Waals surface area contributed by atoms with Gasteiger partial charge in [0, 0.05) is 49.9 Å². The minimum absolute atomic E-state index is 0.571. The summed E-state index contributed by atoms with van der Waals surface area (Å²) < 4.78 is 9.42. The number of para-hydroxylation sites is 1. The normalized spacial score (nSPS) is 11.8. The van der Waals surface area contributed by atoms with E-state index in [1.807, 2.05) is 6.07 Å². The molecule has 0 N–H and O–H groups in total. The number of hydrogen-bond acceptors (Lipinski definition) is 4. The molecule has 15 rings (SSSR count). The highest BCUT2D eigenvalue weighted by Crippen LogP contribution is 2.44. The summed E-state index contributed by atoms with van der Waals surface area (Å²) >= 11 is 0. The molecule has 344 valence electrons. The van der Waals surface area contributed by atoms with E-state index in [1.54, 1.807) is 0 Å². The van der Waals surface area contributed by atoms with E-state index < -0.39 is 0 Å². The zero-order valence-corrected chi connectivity index (χ0v) is 39.9. The maximum absolute atomic E-state index is 7.00. The minimum atomic E-state index is 0.571. The summed E-state index contributed by atoms with van der Waals surface area (Å²) in [5, 5.41) is 11.3. The topological polar surface area (TPSA) is 56.7 Å². The van der Waals surface area contributed by atoms with E-state index in [0.29, 0.717) is 17.5 Å². The van der Waals surface area contributed by atoms with Crippen LogP contribution in [0, 0.1) is 0 Å². The molecule has 5 nitrogen and oxygen atoms in total. The molecule has 3 aromatic heterocycles. The molecular weight excluding hydrogens is 901 g/mol. The molecule has 0 bridgehead atoms. The van der Waals surface area contributed by atoms with Crippen LogP contribution in [0.3, 0.4) is 0 Å². The third-order valence-electron chi connectivity index (χ3n) is 14.8. The number of rotatable bonds is 7. The van der Waals surface area contributed by atoms with Gasteiger partial charge in [-0.15, -0.1) is 0 Å². The lowest BCUT2D eigenvalue weighted by molar-refractivity contribution is 0.668. The van der Waals surface area contributed by atoms with Crippen LogP contribution in [0.1, 0.15) is 0 Å². The van der Waals surface area contributed by atoms with Crippen molar-refractivity contribution in [1.82, 2.24) is 19.5 Å². The maximum atomic E-state index is 7.00. The van der Waals surface area contributed by atoms with Gasteiger partial charge >= 0.3 is 0 Å². The molecule has 0 atom stereocenters. The van der Waals surface area contributed by atoms with Gasteiger partial charge in [0.25, 0.3) is 0 Å². The van der Waals surface area contributed by atoms with Crippen molar-refractivity contribution in [3.8, 4) is 73.2 Å². The number of fused-ring (bicyclic) bond motifs is 9. The molecule has 0 aliphatic rings. The molecule has 12 aromatic carbocycles. The Hall–Kier alpha value is -9.97. The zero-order valence-electron chi connectivity index (χ0n) is 39.9. The predicted octanol–water partition coefficient (Wildman–Crippen LogP) is 18.3. The first kappa shape index (κ1) is 41.8. The monoisotopic (exact) mass is 942 g/mol. The number of nitrogens with zero attached hydrogens (tertiary/aromatic N) is 4. The molecular formula is C69H42N4O. The van der Waals surface area contributed by atoms with E-state index in [0.717, 1.165) is 99.1 Å². The quantitative estimate of drug-likeness (QED) is 0.160. The third-order valence-corrected chi connectivity index (χ3v) is 14.8. The molecule has 0 spiro atoms. The van der Waals surface area contributed by atoms with Gasteiger partial charge < -0.3 is 8.98 Å². The Bertz CT molecular complexity index is 4610. The number of benzene rings is 12. The van der Waals surface area contributed by atoms with E-state index in [9.17, 15) is 0 Å². The van der Waals surface area contributed by atoms with Crippen LogP contribution in [0.5, 0.6) is 0 Å². The molecule has 5 heteroatoms. The van der Waals surface area contributed by atoms with Crippen LogP contribution in [0.4, 0.5) is 0 Å². The van der Waals surface area contributed by atoms with E-state index >= 15 is 0 Å². The van der Waals surface area contributed by atoms with Gasteiger partial charge in [0.1, 0.15) is 11.2 Å². The second-order valence-electron chi connectivity index (χ2n) is 19.2. The minimum Gasteiger partial charge on any atom is -0.456 e. The van der Waals surface area contributed by atoms with Crippen molar-refractivity contribution < 1.29 is 4.42 Å². The fourth-order valence-corrected chi connectivity index (χ4v) is 11.1. The van der Waals surface area contributed by atoms with E-state index in [-0.39, 0.29) is 0 Å². The second-order valence-corrected chi connectivity index (χ2v) is 19.2. The number of hydrogen-bond donors (Lipinski definition) is 0. The summed E-state index contributed by atoms with van der Waals surface area (Å²) in [5.41, 5.74) is 14.4. The SMILES string of the molecule is c1ccc(-c2ccc(-c3ccc(-c4cc5c(cc4-n4c6ccccc6c6cc7ccccc7cc64)oc4cccc(-c6nc(-c7ccc8ccccc8c7)nc(-c7ccc8ccccc8c7)n6)c45)cc3)cc2)cc1. The zero-order chi connectivity index (χ0) is 48.7. The van der Waals surface area contributed by atoms with Crippen LogP contribution in [0.2, 0.25) is 0 Å². The number of aromatic nitrogens is 4. The largest absolute Gasteiger partial charge is 0.456 e. The summed E-state index contributed by atoms with van der Waals surface area (Å²) in [5.74, 6) is 1.78. The molecule has 0 amide bonds. The van der Waals surface area contributed by atoms with Gasteiger partial charge in [-0.2, -0.15) is 0 Å². The van der Waals surface area contributed by atoms with Crippen LogP contribution in [0.15, 0.2) is 259 Å². The van der Waals surface area contributed by atoms with E-state index in [2.05, 4.69) is 253 Å². The summed E-state index contributed by atoms with van der Waals surface area (Å²) in [7, 11) is 0. The molecule has 74 heavy (non-hydrogen) atoms. The van der Waals surface area contributed by atoms with E-state index in [4.69, 9.17) is 19.4 Å². The van der Waals surface area contributed by atoms with Crippen molar-refractivity contribution in [3.05, 3.63) is 255 Å². The van der Waals surface area contributed by atoms with Crippen molar-refractivity contribution in [2.24, 2.45) is 0 Å². The fourth-order valence-electron chi connectivity index (χ4n) is 11.1.